The average Bonchev–Trinajstić information content (AvgIpc) is 2.89. The Morgan fingerprint density at radius 3 is 2.89 bits per heavy atom. The molecule has 6 heteroatoms. The first-order valence-electron chi connectivity index (χ1n) is 6.34. The third kappa shape index (κ3) is 3.17. The molecule has 1 aliphatic carbocycles. The molecule has 0 spiro atoms. The van der Waals surface area contributed by atoms with Crippen LogP contribution in [0.5, 0.6) is 0 Å². The van der Waals surface area contributed by atoms with E-state index in [1.165, 1.54) is 16.2 Å². The minimum atomic E-state index is -0.323. The van der Waals surface area contributed by atoms with Gasteiger partial charge in [0.2, 0.25) is 5.91 Å². The molecule has 4 nitrogen and oxygen atoms in total. The molecule has 1 heterocycles. The highest BCUT2D eigenvalue weighted by Crippen LogP contribution is 2.39. The highest BCUT2D eigenvalue weighted by molar-refractivity contribution is 9.09. The predicted octanol–water partition coefficient (Wildman–Crippen LogP) is 3.14. The zero-order valence-electron chi connectivity index (χ0n) is 10.8. The maximum absolute atomic E-state index is 12.0. The quantitative estimate of drug-likeness (QED) is 0.658. The topological polar surface area (TPSA) is 55.4 Å². The molecular formula is C13H16BrNO3S. The van der Waals surface area contributed by atoms with Gasteiger partial charge in [-0.25, -0.2) is 4.79 Å². The van der Waals surface area contributed by atoms with Crippen LogP contribution in [0, 0.1) is 0 Å². The van der Waals surface area contributed by atoms with Gasteiger partial charge in [0.15, 0.2) is 0 Å². The van der Waals surface area contributed by atoms with Crippen LogP contribution in [-0.2, 0) is 22.4 Å². The van der Waals surface area contributed by atoms with Gasteiger partial charge in [-0.05, 0) is 31.7 Å². The lowest BCUT2D eigenvalue weighted by Crippen LogP contribution is -2.15. The third-order valence-corrected chi connectivity index (χ3v) is 4.58. The number of halogens is 1. The van der Waals surface area contributed by atoms with Crippen LogP contribution in [0.3, 0.4) is 0 Å². The molecule has 0 atom stereocenters. The summed E-state index contributed by atoms with van der Waals surface area (Å²) in [5.74, 6) is -0.404. The van der Waals surface area contributed by atoms with Crippen LogP contribution in [0.1, 0.15) is 40.6 Å². The highest BCUT2D eigenvalue weighted by atomic mass is 79.9. The van der Waals surface area contributed by atoms with Crippen molar-refractivity contribution in [2.24, 2.45) is 0 Å². The molecule has 1 aliphatic rings. The number of aryl methyl sites for hydroxylation is 1. The molecule has 19 heavy (non-hydrogen) atoms. The Morgan fingerprint density at radius 2 is 2.21 bits per heavy atom. The van der Waals surface area contributed by atoms with Crippen molar-refractivity contribution in [1.82, 2.24) is 0 Å². The molecule has 0 unspecified atom stereocenters. The summed E-state index contributed by atoms with van der Waals surface area (Å²) in [7, 11) is 0. The van der Waals surface area contributed by atoms with Crippen LogP contribution < -0.4 is 5.32 Å². The summed E-state index contributed by atoms with van der Waals surface area (Å²) >= 11 is 4.74. The lowest BCUT2D eigenvalue weighted by atomic mass is 10.1. The van der Waals surface area contributed by atoms with Crippen LogP contribution >= 0.6 is 27.3 Å². The van der Waals surface area contributed by atoms with Crippen molar-refractivity contribution in [3.63, 3.8) is 0 Å². The second kappa shape index (κ2) is 6.52. The number of alkyl halides is 1. The van der Waals surface area contributed by atoms with Crippen molar-refractivity contribution >= 4 is 44.1 Å². The second-order valence-corrected chi connectivity index (χ2v) is 6.17. The van der Waals surface area contributed by atoms with Gasteiger partial charge in [-0.2, -0.15) is 0 Å². The fourth-order valence-electron chi connectivity index (χ4n) is 2.19. The van der Waals surface area contributed by atoms with Crippen molar-refractivity contribution in [3.05, 3.63) is 16.0 Å². The fraction of sp³-hybridized carbons (Fsp3) is 0.538. The van der Waals surface area contributed by atoms with E-state index in [4.69, 9.17) is 4.74 Å². The van der Waals surface area contributed by atoms with Crippen molar-refractivity contribution in [2.45, 2.75) is 32.6 Å². The van der Waals surface area contributed by atoms with Crippen LogP contribution in [0.25, 0.3) is 0 Å². The Hall–Kier alpha value is -0.880. The number of esters is 1. The number of hydrogen-bond donors (Lipinski definition) is 1. The molecule has 0 radical (unpaired) electrons. The van der Waals surface area contributed by atoms with E-state index >= 15 is 0 Å². The molecule has 1 aromatic heterocycles. The monoisotopic (exact) mass is 345 g/mol. The van der Waals surface area contributed by atoms with Crippen molar-refractivity contribution < 1.29 is 14.3 Å². The van der Waals surface area contributed by atoms with E-state index < -0.39 is 0 Å². The first-order chi connectivity index (χ1) is 9.17. The van der Waals surface area contributed by atoms with Gasteiger partial charge in [0.1, 0.15) is 5.00 Å². The molecular weight excluding hydrogens is 330 g/mol. The zero-order chi connectivity index (χ0) is 13.8. The molecule has 0 bridgehead atoms. The Balaban J connectivity index is 2.27. The number of rotatable bonds is 5. The van der Waals surface area contributed by atoms with Gasteiger partial charge < -0.3 is 10.1 Å². The summed E-state index contributed by atoms with van der Waals surface area (Å²) in [5.41, 5.74) is 1.64. The number of fused-ring (bicyclic) bond motifs is 1. The lowest BCUT2D eigenvalue weighted by molar-refractivity contribution is -0.115. The summed E-state index contributed by atoms with van der Waals surface area (Å²) in [6, 6.07) is 0. The van der Waals surface area contributed by atoms with Gasteiger partial charge >= 0.3 is 5.97 Å². The summed E-state index contributed by atoms with van der Waals surface area (Å²) in [6.07, 6.45) is 3.35. The molecule has 0 aromatic carbocycles. The zero-order valence-corrected chi connectivity index (χ0v) is 13.2. The summed E-state index contributed by atoms with van der Waals surface area (Å²) < 4.78 is 5.10. The molecule has 0 fully saturated rings. The molecule has 2 rings (SSSR count). The van der Waals surface area contributed by atoms with E-state index in [1.54, 1.807) is 6.92 Å². The Labute approximate surface area is 124 Å². The molecule has 0 aliphatic heterocycles. The van der Waals surface area contributed by atoms with Crippen molar-refractivity contribution in [3.8, 4) is 0 Å². The SMILES string of the molecule is CCOC(=O)c1c(NC(=O)CCBr)sc2c1CCC2. The van der Waals surface area contributed by atoms with E-state index in [0.29, 0.717) is 28.9 Å². The summed E-state index contributed by atoms with van der Waals surface area (Å²) in [4.78, 5) is 24.9. The van der Waals surface area contributed by atoms with Gasteiger partial charge in [-0.3, -0.25) is 4.79 Å². The second-order valence-electron chi connectivity index (χ2n) is 4.27. The maximum Gasteiger partial charge on any atom is 0.341 e. The molecule has 0 saturated heterocycles. The number of ether oxygens (including phenoxy) is 1. The van der Waals surface area contributed by atoms with E-state index in [0.717, 1.165) is 24.8 Å². The smallest absolute Gasteiger partial charge is 0.341 e. The first-order valence-corrected chi connectivity index (χ1v) is 8.28. The van der Waals surface area contributed by atoms with Gasteiger partial charge in [-0.15, -0.1) is 11.3 Å². The Kier molecular flexibility index (Phi) is 4.99. The van der Waals surface area contributed by atoms with Crippen LogP contribution in [0.2, 0.25) is 0 Å². The number of nitrogens with one attached hydrogen (secondary N) is 1. The number of carbonyl (C=O) groups is 2. The largest absolute Gasteiger partial charge is 0.462 e. The van der Waals surface area contributed by atoms with Gasteiger partial charge in [0.05, 0.1) is 12.2 Å². The Bertz CT molecular complexity index is 498. The normalized spacial score (nSPS) is 13.2. The fourth-order valence-corrected chi connectivity index (χ4v) is 3.84. The van der Waals surface area contributed by atoms with Crippen molar-refractivity contribution in [2.75, 3.05) is 17.3 Å². The van der Waals surface area contributed by atoms with E-state index in [2.05, 4.69) is 21.2 Å². The van der Waals surface area contributed by atoms with Crippen LogP contribution in [0.4, 0.5) is 5.00 Å². The van der Waals surface area contributed by atoms with E-state index in [1.807, 2.05) is 0 Å². The molecule has 1 amide bonds. The van der Waals surface area contributed by atoms with Gasteiger partial charge in [0.25, 0.3) is 0 Å². The molecule has 0 saturated carbocycles. The number of carbonyl (C=O) groups excluding carboxylic acids is 2. The van der Waals surface area contributed by atoms with Crippen molar-refractivity contribution in [1.29, 1.82) is 0 Å². The molecule has 1 N–H and O–H groups in total. The standard InChI is InChI=1S/C13H16BrNO3S/c1-2-18-13(17)11-8-4-3-5-9(8)19-12(11)15-10(16)6-7-14/h2-7H2,1H3,(H,15,16). The third-order valence-electron chi connectivity index (χ3n) is 2.98. The minimum Gasteiger partial charge on any atom is -0.462 e. The van der Waals surface area contributed by atoms with Crippen LogP contribution in [0.15, 0.2) is 0 Å². The summed E-state index contributed by atoms with van der Waals surface area (Å²) in [6.45, 7) is 2.13. The number of hydrogen-bond acceptors (Lipinski definition) is 4. The first kappa shape index (κ1) is 14.5. The maximum atomic E-state index is 12.0. The molecule has 1 aromatic rings. The Morgan fingerprint density at radius 1 is 1.42 bits per heavy atom. The summed E-state index contributed by atoms with van der Waals surface area (Å²) in [5, 5.41) is 4.09. The van der Waals surface area contributed by atoms with Gasteiger partial charge in [0, 0.05) is 16.6 Å². The number of anilines is 1. The highest BCUT2D eigenvalue weighted by Gasteiger charge is 2.28. The number of amides is 1. The molecule has 104 valence electrons. The van der Waals surface area contributed by atoms with E-state index in [9.17, 15) is 9.59 Å². The van der Waals surface area contributed by atoms with Gasteiger partial charge in [-0.1, -0.05) is 15.9 Å². The average molecular weight is 346 g/mol. The lowest BCUT2D eigenvalue weighted by Gasteiger charge is -2.07. The number of thiophene rings is 1. The minimum absolute atomic E-state index is 0.0812. The van der Waals surface area contributed by atoms with E-state index in [-0.39, 0.29) is 11.9 Å². The van der Waals surface area contributed by atoms with Crippen LogP contribution in [-0.4, -0.2) is 23.8 Å². The predicted molar refractivity (Wildman–Crippen MR) is 79.3 cm³/mol.